The summed E-state index contributed by atoms with van der Waals surface area (Å²) in [6.45, 7) is 3.37. The van der Waals surface area contributed by atoms with E-state index >= 15 is 0 Å². The van der Waals surface area contributed by atoms with Gasteiger partial charge in [-0.1, -0.05) is 19.1 Å². The van der Waals surface area contributed by atoms with E-state index < -0.39 is 13.0 Å². The number of anilines is 1. The predicted molar refractivity (Wildman–Crippen MR) is 122 cm³/mol. The van der Waals surface area contributed by atoms with Gasteiger partial charge in [-0.3, -0.25) is 10.1 Å². The summed E-state index contributed by atoms with van der Waals surface area (Å²) in [5, 5.41) is 8.75. The normalized spacial score (nSPS) is 15.6. The van der Waals surface area contributed by atoms with Crippen molar-refractivity contribution in [2.75, 3.05) is 25.9 Å². The maximum absolute atomic E-state index is 12.8. The lowest BCUT2D eigenvalue weighted by Gasteiger charge is -2.29. The molecule has 2 aromatic carbocycles. The van der Waals surface area contributed by atoms with E-state index in [1.165, 1.54) is 12.1 Å². The Labute approximate surface area is 192 Å². The summed E-state index contributed by atoms with van der Waals surface area (Å²) in [7, 11) is 1.49. The fourth-order valence-electron chi connectivity index (χ4n) is 3.59. The SMILES string of the molecule is CCOC(=O)Nc1ccc(CN2N=C(c3ccc(OCF)c(OC)c3)C(CC)CC2=O)cc1. The van der Waals surface area contributed by atoms with Gasteiger partial charge in [0.1, 0.15) is 0 Å². The molecule has 176 valence electrons. The molecule has 2 aromatic rings. The quantitative estimate of drug-likeness (QED) is 0.588. The van der Waals surface area contributed by atoms with Crippen molar-refractivity contribution in [3.8, 4) is 11.5 Å². The second kappa shape index (κ2) is 11.3. The highest BCUT2D eigenvalue weighted by Gasteiger charge is 2.29. The minimum atomic E-state index is -0.954. The van der Waals surface area contributed by atoms with Crippen LogP contribution >= 0.6 is 0 Å². The van der Waals surface area contributed by atoms with Gasteiger partial charge in [0.25, 0.3) is 0 Å². The number of halogens is 1. The van der Waals surface area contributed by atoms with E-state index in [-0.39, 0.29) is 18.4 Å². The molecule has 0 bridgehead atoms. The zero-order valence-electron chi connectivity index (χ0n) is 19.0. The van der Waals surface area contributed by atoms with E-state index in [4.69, 9.17) is 14.2 Å². The maximum atomic E-state index is 12.8. The van der Waals surface area contributed by atoms with E-state index in [1.54, 1.807) is 37.3 Å². The monoisotopic (exact) mass is 457 g/mol. The molecule has 0 spiro atoms. The molecule has 9 heteroatoms. The molecular formula is C24H28FN3O5. The fraction of sp³-hybridized carbons (Fsp3) is 0.375. The number of ether oxygens (including phenoxy) is 3. The van der Waals surface area contributed by atoms with Crippen LogP contribution in [0.4, 0.5) is 14.9 Å². The van der Waals surface area contributed by atoms with Gasteiger partial charge in [-0.15, -0.1) is 0 Å². The minimum Gasteiger partial charge on any atom is -0.493 e. The second-order valence-electron chi connectivity index (χ2n) is 7.41. The van der Waals surface area contributed by atoms with Gasteiger partial charge >= 0.3 is 6.09 Å². The van der Waals surface area contributed by atoms with Gasteiger partial charge in [0.05, 0.1) is 26.0 Å². The Hall–Kier alpha value is -3.62. The van der Waals surface area contributed by atoms with Crippen LogP contribution in [-0.4, -0.2) is 43.3 Å². The largest absolute Gasteiger partial charge is 0.493 e. The zero-order valence-corrected chi connectivity index (χ0v) is 19.0. The lowest BCUT2D eigenvalue weighted by Crippen LogP contribution is -2.36. The second-order valence-corrected chi connectivity index (χ2v) is 7.41. The summed E-state index contributed by atoms with van der Waals surface area (Å²) in [6.07, 6.45) is 0.565. The van der Waals surface area contributed by atoms with Crippen molar-refractivity contribution in [2.45, 2.75) is 33.2 Å². The van der Waals surface area contributed by atoms with Crippen molar-refractivity contribution in [1.82, 2.24) is 5.01 Å². The van der Waals surface area contributed by atoms with E-state index in [0.717, 1.165) is 23.3 Å². The highest BCUT2D eigenvalue weighted by atomic mass is 19.1. The average Bonchev–Trinajstić information content (AvgIpc) is 2.82. The Bertz CT molecular complexity index is 1010. The first-order valence-corrected chi connectivity index (χ1v) is 10.8. The van der Waals surface area contributed by atoms with Crippen molar-refractivity contribution in [2.24, 2.45) is 11.0 Å². The van der Waals surface area contributed by atoms with Crippen LogP contribution < -0.4 is 14.8 Å². The number of benzene rings is 2. The number of hydrogen-bond acceptors (Lipinski definition) is 6. The van der Waals surface area contributed by atoms with Gasteiger partial charge in [0.15, 0.2) is 11.5 Å². The van der Waals surface area contributed by atoms with Gasteiger partial charge in [-0.05, 0) is 49.2 Å². The minimum absolute atomic E-state index is 0.0393. The summed E-state index contributed by atoms with van der Waals surface area (Å²) in [5.74, 6) is 0.597. The Kier molecular flexibility index (Phi) is 8.23. The third kappa shape index (κ3) is 6.00. The molecule has 0 aliphatic carbocycles. The Balaban J connectivity index is 1.82. The lowest BCUT2D eigenvalue weighted by molar-refractivity contribution is -0.133. The number of nitrogens with zero attached hydrogens (tertiary/aromatic N) is 2. The molecule has 1 aliphatic heterocycles. The number of hydrazone groups is 1. The van der Waals surface area contributed by atoms with Crippen molar-refractivity contribution in [1.29, 1.82) is 0 Å². The Morgan fingerprint density at radius 2 is 1.94 bits per heavy atom. The molecule has 0 saturated carbocycles. The Morgan fingerprint density at radius 1 is 1.18 bits per heavy atom. The molecule has 1 unspecified atom stereocenters. The van der Waals surface area contributed by atoms with Gasteiger partial charge < -0.3 is 14.2 Å². The van der Waals surface area contributed by atoms with Crippen LogP contribution in [0.3, 0.4) is 0 Å². The molecular weight excluding hydrogens is 429 g/mol. The zero-order chi connectivity index (χ0) is 23.8. The van der Waals surface area contributed by atoms with Crippen molar-refractivity contribution in [3.63, 3.8) is 0 Å². The molecule has 8 nitrogen and oxygen atoms in total. The van der Waals surface area contributed by atoms with Crippen LogP contribution in [0.15, 0.2) is 47.6 Å². The van der Waals surface area contributed by atoms with Crippen LogP contribution in [0, 0.1) is 5.92 Å². The predicted octanol–water partition coefficient (Wildman–Crippen LogP) is 4.73. The van der Waals surface area contributed by atoms with Crippen LogP contribution in [0.25, 0.3) is 0 Å². The van der Waals surface area contributed by atoms with E-state index in [1.807, 2.05) is 19.1 Å². The molecule has 2 amide bonds. The highest BCUT2D eigenvalue weighted by molar-refractivity contribution is 6.06. The van der Waals surface area contributed by atoms with Crippen LogP contribution in [0.2, 0.25) is 0 Å². The molecule has 0 aromatic heterocycles. The number of carbonyl (C=O) groups is 2. The third-order valence-electron chi connectivity index (χ3n) is 5.29. The first kappa shape index (κ1) is 24.0. The molecule has 33 heavy (non-hydrogen) atoms. The Morgan fingerprint density at radius 3 is 2.58 bits per heavy atom. The molecule has 0 saturated heterocycles. The summed E-state index contributed by atoms with van der Waals surface area (Å²) in [6, 6.07) is 12.3. The molecule has 1 aliphatic rings. The van der Waals surface area contributed by atoms with Gasteiger partial charge in [-0.2, -0.15) is 5.10 Å². The standard InChI is InChI=1S/C24H28FN3O5/c1-4-17-13-22(29)28(14-16-6-9-19(10-7-16)26-24(30)32-5-2)27-23(17)18-8-11-20(33-15-25)21(12-18)31-3/h6-12,17H,4-5,13-15H2,1-3H3,(H,26,30). The number of methoxy groups -OCH3 is 1. The van der Waals surface area contributed by atoms with Crippen LogP contribution in [0.1, 0.15) is 37.8 Å². The van der Waals surface area contributed by atoms with Crippen molar-refractivity contribution in [3.05, 3.63) is 53.6 Å². The first-order chi connectivity index (χ1) is 16.0. The number of nitrogens with one attached hydrogen (secondary N) is 1. The average molecular weight is 458 g/mol. The third-order valence-corrected chi connectivity index (χ3v) is 5.29. The van der Waals surface area contributed by atoms with Gasteiger partial charge in [0.2, 0.25) is 12.8 Å². The van der Waals surface area contributed by atoms with Crippen molar-refractivity contribution >= 4 is 23.4 Å². The van der Waals surface area contributed by atoms with Gasteiger partial charge in [-0.25, -0.2) is 14.2 Å². The topological polar surface area (TPSA) is 89.5 Å². The summed E-state index contributed by atoms with van der Waals surface area (Å²) in [4.78, 5) is 24.3. The highest BCUT2D eigenvalue weighted by Crippen LogP contribution is 2.32. The molecule has 0 fully saturated rings. The van der Waals surface area contributed by atoms with Crippen LogP contribution in [0.5, 0.6) is 11.5 Å². The summed E-state index contributed by atoms with van der Waals surface area (Å²) in [5.41, 5.74) is 3.01. The molecule has 0 radical (unpaired) electrons. The number of alkyl halides is 1. The summed E-state index contributed by atoms with van der Waals surface area (Å²) < 4.78 is 27.8. The number of amides is 2. The van der Waals surface area contributed by atoms with E-state index in [0.29, 0.717) is 30.2 Å². The van der Waals surface area contributed by atoms with Crippen molar-refractivity contribution < 1.29 is 28.2 Å². The lowest BCUT2D eigenvalue weighted by atomic mass is 9.89. The number of rotatable bonds is 9. The number of hydrogen-bond donors (Lipinski definition) is 1. The van der Waals surface area contributed by atoms with E-state index in [2.05, 4.69) is 10.4 Å². The summed E-state index contributed by atoms with van der Waals surface area (Å²) >= 11 is 0. The maximum Gasteiger partial charge on any atom is 0.411 e. The fourth-order valence-corrected chi connectivity index (χ4v) is 3.59. The molecule has 1 heterocycles. The number of carbonyl (C=O) groups excluding carboxylic acids is 2. The molecule has 3 rings (SSSR count). The molecule has 1 N–H and O–H groups in total. The molecule has 1 atom stereocenters. The van der Waals surface area contributed by atoms with Crippen LogP contribution in [-0.2, 0) is 16.1 Å². The first-order valence-electron chi connectivity index (χ1n) is 10.8. The smallest absolute Gasteiger partial charge is 0.411 e. The van der Waals surface area contributed by atoms with E-state index in [9.17, 15) is 14.0 Å². The van der Waals surface area contributed by atoms with Gasteiger partial charge in [0, 0.05) is 23.6 Å².